The van der Waals surface area contributed by atoms with E-state index < -0.39 is 0 Å². The molecule has 114 valence electrons. The third-order valence-corrected chi connectivity index (χ3v) is 5.85. The van der Waals surface area contributed by atoms with Gasteiger partial charge in [0.15, 0.2) is 0 Å². The SMILES string of the molecule is CCC1(CC)CNC(C(C)C)CN1Cc1nc(C)cs1. The van der Waals surface area contributed by atoms with E-state index >= 15 is 0 Å². The topological polar surface area (TPSA) is 28.2 Å². The zero-order valence-electron chi connectivity index (χ0n) is 13.6. The van der Waals surface area contributed by atoms with Crippen LogP contribution < -0.4 is 5.32 Å². The van der Waals surface area contributed by atoms with Crippen molar-refractivity contribution in [3.8, 4) is 0 Å². The van der Waals surface area contributed by atoms with Crippen molar-refractivity contribution in [2.24, 2.45) is 5.92 Å². The lowest BCUT2D eigenvalue weighted by Crippen LogP contribution is -2.64. The largest absolute Gasteiger partial charge is 0.311 e. The van der Waals surface area contributed by atoms with Crippen LogP contribution in [0.15, 0.2) is 5.38 Å². The summed E-state index contributed by atoms with van der Waals surface area (Å²) in [4.78, 5) is 7.35. The molecule has 1 fully saturated rings. The summed E-state index contributed by atoms with van der Waals surface area (Å²) in [5, 5.41) is 7.20. The molecule has 3 nitrogen and oxygen atoms in total. The average Bonchev–Trinajstić information content (AvgIpc) is 2.84. The molecule has 0 bridgehead atoms. The summed E-state index contributed by atoms with van der Waals surface area (Å²) in [5.74, 6) is 0.683. The van der Waals surface area contributed by atoms with Crippen molar-refractivity contribution in [2.75, 3.05) is 13.1 Å². The Balaban J connectivity index is 2.17. The standard InChI is InChI=1S/C16H29N3S/c1-6-16(7-2)11-17-14(12(3)4)8-19(16)9-15-18-13(5)10-20-15/h10,12,14,17H,6-9,11H2,1-5H3. The van der Waals surface area contributed by atoms with Gasteiger partial charge < -0.3 is 5.32 Å². The summed E-state index contributed by atoms with van der Waals surface area (Å²) < 4.78 is 0. The molecule has 2 heterocycles. The molecule has 1 aliphatic heterocycles. The Morgan fingerprint density at radius 3 is 2.65 bits per heavy atom. The Morgan fingerprint density at radius 1 is 1.45 bits per heavy atom. The number of hydrogen-bond donors (Lipinski definition) is 1. The molecule has 1 atom stereocenters. The second kappa shape index (κ2) is 6.54. The lowest BCUT2D eigenvalue weighted by Gasteiger charge is -2.50. The number of nitrogens with zero attached hydrogens (tertiary/aromatic N) is 2. The lowest BCUT2D eigenvalue weighted by molar-refractivity contribution is 0.0155. The number of rotatable bonds is 5. The van der Waals surface area contributed by atoms with E-state index in [9.17, 15) is 0 Å². The third-order valence-electron chi connectivity index (χ3n) is 4.89. The maximum atomic E-state index is 4.67. The van der Waals surface area contributed by atoms with Crippen molar-refractivity contribution in [1.29, 1.82) is 0 Å². The predicted molar refractivity (Wildman–Crippen MR) is 87.2 cm³/mol. The van der Waals surface area contributed by atoms with Crippen molar-refractivity contribution in [3.63, 3.8) is 0 Å². The molecule has 1 saturated heterocycles. The van der Waals surface area contributed by atoms with Crippen molar-refractivity contribution in [2.45, 2.75) is 65.6 Å². The molecule has 0 spiro atoms. The van der Waals surface area contributed by atoms with Gasteiger partial charge in [0.05, 0.1) is 6.54 Å². The van der Waals surface area contributed by atoms with Gasteiger partial charge >= 0.3 is 0 Å². The first kappa shape index (κ1) is 15.9. The van der Waals surface area contributed by atoms with Gasteiger partial charge in [-0.25, -0.2) is 4.98 Å². The maximum absolute atomic E-state index is 4.67. The summed E-state index contributed by atoms with van der Waals surface area (Å²) in [7, 11) is 0. The van der Waals surface area contributed by atoms with Crippen molar-refractivity contribution >= 4 is 11.3 Å². The minimum absolute atomic E-state index is 0.297. The lowest BCUT2D eigenvalue weighted by atomic mass is 9.85. The summed E-state index contributed by atoms with van der Waals surface area (Å²) in [6.45, 7) is 14.6. The Hall–Kier alpha value is -0.450. The Bertz CT molecular complexity index is 423. The molecule has 4 heteroatoms. The fourth-order valence-electron chi connectivity index (χ4n) is 3.19. The van der Waals surface area contributed by atoms with Gasteiger partial charge in [0, 0.05) is 35.7 Å². The van der Waals surface area contributed by atoms with E-state index in [0.717, 1.165) is 25.3 Å². The molecule has 1 N–H and O–H groups in total. The quantitative estimate of drug-likeness (QED) is 0.902. The zero-order valence-corrected chi connectivity index (χ0v) is 14.4. The van der Waals surface area contributed by atoms with E-state index in [1.54, 1.807) is 11.3 Å². The van der Waals surface area contributed by atoms with E-state index in [0.29, 0.717) is 17.5 Å². The van der Waals surface area contributed by atoms with E-state index in [1.165, 1.54) is 17.8 Å². The van der Waals surface area contributed by atoms with Crippen LogP contribution in [-0.2, 0) is 6.54 Å². The predicted octanol–water partition coefficient (Wildman–Crippen LogP) is 3.44. The molecule has 1 aliphatic rings. The maximum Gasteiger partial charge on any atom is 0.107 e. The first-order valence-electron chi connectivity index (χ1n) is 7.90. The van der Waals surface area contributed by atoms with Crippen LogP contribution in [0.4, 0.5) is 0 Å². The van der Waals surface area contributed by atoms with Crippen LogP contribution in [0.2, 0.25) is 0 Å². The number of aryl methyl sites for hydroxylation is 1. The minimum Gasteiger partial charge on any atom is -0.311 e. The van der Waals surface area contributed by atoms with Gasteiger partial charge in [-0.1, -0.05) is 27.7 Å². The number of nitrogens with one attached hydrogen (secondary N) is 1. The molecule has 1 unspecified atom stereocenters. The van der Waals surface area contributed by atoms with E-state index in [1.807, 2.05) is 0 Å². The number of hydrogen-bond acceptors (Lipinski definition) is 4. The number of piperazine rings is 1. The van der Waals surface area contributed by atoms with Gasteiger partial charge in [-0.15, -0.1) is 11.3 Å². The molecule has 20 heavy (non-hydrogen) atoms. The van der Waals surface area contributed by atoms with Crippen LogP contribution >= 0.6 is 11.3 Å². The van der Waals surface area contributed by atoms with E-state index in [2.05, 4.69) is 55.2 Å². The fourth-order valence-corrected chi connectivity index (χ4v) is 3.98. The van der Waals surface area contributed by atoms with Crippen molar-refractivity contribution < 1.29 is 0 Å². The second-order valence-corrected chi connectivity index (χ2v) is 7.37. The Kier molecular flexibility index (Phi) is 5.21. The van der Waals surface area contributed by atoms with Crippen LogP contribution in [0, 0.1) is 12.8 Å². The highest BCUT2D eigenvalue weighted by Gasteiger charge is 2.39. The first-order chi connectivity index (χ1) is 9.50. The van der Waals surface area contributed by atoms with E-state index in [4.69, 9.17) is 0 Å². The van der Waals surface area contributed by atoms with Crippen LogP contribution in [0.25, 0.3) is 0 Å². The van der Waals surface area contributed by atoms with Crippen LogP contribution in [0.3, 0.4) is 0 Å². The smallest absolute Gasteiger partial charge is 0.107 e. The zero-order chi connectivity index (χ0) is 14.8. The third kappa shape index (κ3) is 3.23. The summed E-state index contributed by atoms with van der Waals surface area (Å²) in [6, 6.07) is 0.599. The number of thiazole rings is 1. The molecule has 0 saturated carbocycles. The molecular formula is C16H29N3S. The van der Waals surface area contributed by atoms with Gasteiger partial charge in [-0.05, 0) is 25.7 Å². The van der Waals surface area contributed by atoms with Gasteiger partial charge in [-0.2, -0.15) is 0 Å². The molecule has 0 aromatic carbocycles. The fraction of sp³-hybridized carbons (Fsp3) is 0.812. The Morgan fingerprint density at radius 2 is 2.15 bits per heavy atom. The summed E-state index contributed by atoms with van der Waals surface area (Å²) in [6.07, 6.45) is 2.40. The highest BCUT2D eigenvalue weighted by molar-refractivity contribution is 7.09. The molecule has 2 rings (SSSR count). The molecule has 1 aromatic heterocycles. The monoisotopic (exact) mass is 295 g/mol. The molecule has 0 radical (unpaired) electrons. The molecule has 1 aromatic rings. The average molecular weight is 295 g/mol. The van der Waals surface area contributed by atoms with Crippen LogP contribution in [0.1, 0.15) is 51.2 Å². The molecular weight excluding hydrogens is 266 g/mol. The molecule has 0 aliphatic carbocycles. The second-order valence-electron chi connectivity index (χ2n) is 6.43. The van der Waals surface area contributed by atoms with Crippen LogP contribution in [-0.4, -0.2) is 34.6 Å². The van der Waals surface area contributed by atoms with Crippen molar-refractivity contribution in [1.82, 2.24) is 15.2 Å². The number of aromatic nitrogens is 1. The van der Waals surface area contributed by atoms with Crippen LogP contribution in [0.5, 0.6) is 0 Å². The first-order valence-corrected chi connectivity index (χ1v) is 8.78. The van der Waals surface area contributed by atoms with E-state index in [-0.39, 0.29) is 0 Å². The van der Waals surface area contributed by atoms with Gasteiger partial charge in [0.25, 0.3) is 0 Å². The van der Waals surface area contributed by atoms with Gasteiger partial charge in [-0.3, -0.25) is 4.90 Å². The summed E-state index contributed by atoms with van der Waals surface area (Å²) in [5.41, 5.74) is 1.45. The highest BCUT2D eigenvalue weighted by Crippen LogP contribution is 2.30. The Labute approximate surface area is 127 Å². The van der Waals surface area contributed by atoms with Gasteiger partial charge in [0.2, 0.25) is 0 Å². The van der Waals surface area contributed by atoms with Gasteiger partial charge in [0.1, 0.15) is 5.01 Å². The highest BCUT2D eigenvalue weighted by atomic mass is 32.1. The summed E-state index contributed by atoms with van der Waals surface area (Å²) >= 11 is 1.80. The normalized spacial score (nSPS) is 23.4. The van der Waals surface area contributed by atoms with Crippen molar-refractivity contribution in [3.05, 3.63) is 16.1 Å². The minimum atomic E-state index is 0.297. The molecule has 0 amide bonds.